The lowest BCUT2D eigenvalue weighted by Crippen LogP contribution is -2.29. The minimum absolute atomic E-state index is 0. The third-order valence-corrected chi connectivity index (χ3v) is 4.81. The Morgan fingerprint density at radius 1 is 1.12 bits per heavy atom. The van der Waals surface area contributed by atoms with Gasteiger partial charge < -0.3 is 9.84 Å². The van der Waals surface area contributed by atoms with Gasteiger partial charge in [-0.1, -0.05) is 32.6 Å². The summed E-state index contributed by atoms with van der Waals surface area (Å²) in [6.45, 7) is 6.35. The van der Waals surface area contributed by atoms with Crippen LogP contribution in [0.5, 0.6) is 11.5 Å². The number of phenols is 1. The number of hydrogen-bond donors (Lipinski definition) is 1. The first-order valence-corrected chi connectivity index (χ1v) is 9.02. The van der Waals surface area contributed by atoms with E-state index >= 15 is 0 Å². The van der Waals surface area contributed by atoms with E-state index in [1.165, 1.54) is 25.7 Å². The van der Waals surface area contributed by atoms with Gasteiger partial charge in [-0.15, -0.1) is 12.4 Å². The second kappa shape index (κ2) is 8.09. The second-order valence-electron chi connectivity index (χ2n) is 7.19. The molecule has 1 aromatic carbocycles. The maximum absolute atomic E-state index is 10.6. The number of aromatic hydroxyl groups is 1. The van der Waals surface area contributed by atoms with Gasteiger partial charge in [0.2, 0.25) is 0 Å². The van der Waals surface area contributed by atoms with Crippen molar-refractivity contribution in [2.75, 3.05) is 0 Å². The molecule has 3 rings (SSSR count). The molecule has 0 unspecified atom stereocenters. The van der Waals surface area contributed by atoms with Gasteiger partial charge in [0.05, 0.1) is 5.56 Å². The molecule has 1 aliphatic heterocycles. The van der Waals surface area contributed by atoms with Gasteiger partial charge in [-0.2, -0.15) is 0 Å². The van der Waals surface area contributed by atoms with Crippen LogP contribution in [0.4, 0.5) is 0 Å². The van der Waals surface area contributed by atoms with Crippen LogP contribution in [0.2, 0.25) is 0 Å². The zero-order valence-electron chi connectivity index (χ0n) is 15.3. The van der Waals surface area contributed by atoms with Gasteiger partial charge in [-0.05, 0) is 50.5 Å². The fraction of sp³-hybridized carbons (Fsp3) is 0.476. The fourth-order valence-electron chi connectivity index (χ4n) is 3.53. The van der Waals surface area contributed by atoms with Crippen molar-refractivity contribution in [3.8, 4) is 22.6 Å². The molecule has 25 heavy (non-hydrogen) atoms. The molecule has 0 saturated carbocycles. The number of aryl methyl sites for hydroxylation is 1. The van der Waals surface area contributed by atoms with Crippen LogP contribution >= 0.6 is 12.4 Å². The fourth-order valence-corrected chi connectivity index (χ4v) is 3.53. The zero-order chi connectivity index (χ0) is 17.2. The van der Waals surface area contributed by atoms with Gasteiger partial charge in [-0.25, -0.2) is 0 Å². The van der Waals surface area contributed by atoms with Crippen LogP contribution in [-0.4, -0.2) is 10.1 Å². The van der Waals surface area contributed by atoms with Crippen LogP contribution in [0.3, 0.4) is 0 Å². The van der Waals surface area contributed by atoms with E-state index in [0.29, 0.717) is 5.75 Å². The number of unbranched alkanes of at least 4 members (excludes halogenated alkanes) is 4. The first-order chi connectivity index (χ1) is 11.5. The maximum atomic E-state index is 10.6. The molecule has 2 heterocycles. The molecule has 0 spiro atoms. The molecule has 136 valence electrons. The summed E-state index contributed by atoms with van der Waals surface area (Å²) >= 11 is 0. The average molecular weight is 362 g/mol. The van der Waals surface area contributed by atoms with E-state index in [0.717, 1.165) is 40.8 Å². The number of phenolic OH excluding ortho intramolecular Hbond substituents is 1. The minimum atomic E-state index is -0.419. The van der Waals surface area contributed by atoms with Crippen molar-refractivity contribution >= 4 is 12.4 Å². The molecular formula is C21H28ClNO2. The Morgan fingerprint density at radius 3 is 2.64 bits per heavy atom. The summed E-state index contributed by atoms with van der Waals surface area (Å²) in [7, 11) is 0. The Kier molecular flexibility index (Phi) is 6.34. The standard InChI is InChI=1S/C21H27NO2.ClH/c1-4-5-6-7-8-9-15-12-18(23)20-16-14-22-11-10-17(16)21(2,3)24-19(20)13-15;/h10-14,23H,4-9H2,1-3H3;1H. The van der Waals surface area contributed by atoms with E-state index in [2.05, 4.69) is 31.8 Å². The van der Waals surface area contributed by atoms with Crippen molar-refractivity contribution in [3.63, 3.8) is 0 Å². The predicted octanol–water partition coefficient (Wildman–Crippen LogP) is 6.02. The monoisotopic (exact) mass is 361 g/mol. The second-order valence-corrected chi connectivity index (χ2v) is 7.19. The van der Waals surface area contributed by atoms with Crippen molar-refractivity contribution in [1.82, 2.24) is 4.98 Å². The van der Waals surface area contributed by atoms with Crippen LogP contribution in [0.1, 0.15) is 64.0 Å². The van der Waals surface area contributed by atoms with Crippen LogP contribution in [0, 0.1) is 0 Å². The van der Waals surface area contributed by atoms with Crippen molar-refractivity contribution < 1.29 is 9.84 Å². The van der Waals surface area contributed by atoms with E-state index in [1.54, 1.807) is 6.20 Å². The lowest BCUT2D eigenvalue weighted by Gasteiger charge is -2.35. The topological polar surface area (TPSA) is 42.4 Å². The van der Waals surface area contributed by atoms with Gasteiger partial charge in [0, 0.05) is 23.5 Å². The SMILES string of the molecule is CCCCCCCc1cc(O)c2c(c1)OC(C)(C)c1ccncc1-2.Cl. The molecule has 2 aromatic rings. The van der Waals surface area contributed by atoms with E-state index < -0.39 is 5.60 Å². The van der Waals surface area contributed by atoms with E-state index in [-0.39, 0.29) is 12.4 Å². The molecule has 0 radical (unpaired) electrons. The number of benzene rings is 1. The van der Waals surface area contributed by atoms with Gasteiger partial charge >= 0.3 is 0 Å². The van der Waals surface area contributed by atoms with Crippen LogP contribution < -0.4 is 4.74 Å². The highest BCUT2D eigenvalue weighted by atomic mass is 35.5. The third-order valence-electron chi connectivity index (χ3n) is 4.81. The Labute approximate surface area is 156 Å². The molecule has 0 atom stereocenters. The normalized spacial score (nSPS) is 14.0. The summed E-state index contributed by atoms with van der Waals surface area (Å²) < 4.78 is 6.22. The Morgan fingerprint density at radius 2 is 1.88 bits per heavy atom. The molecule has 0 bridgehead atoms. The van der Waals surface area contributed by atoms with Crippen molar-refractivity contribution in [1.29, 1.82) is 0 Å². The summed E-state index contributed by atoms with van der Waals surface area (Å²) in [6, 6.07) is 5.95. The van der Waals surface area contributed by atoms with E-state index in [1.807, 2.05) is 18.3 Å². The smallest absolute Gasteiger partial charge is 0.132 e. The molecule has 0 fully saturated rings. The van der Waals surface area contributed by atoms with Gasteiger partial charge in [0.1, 0.15) is 17.1 Å². The van der Waals surface area contributed by atoms with Crippen molar-refractivity contribution in [2.24, 2.45) is 0 Å². The summed E-state index contributed by atoms with van der Waals surface area (Å²) in [6.07, 6.45) is 10.8. The number of ether oxygens (including phenoxy) is 1. The highest BCUT2D eigenvalue weighted by molar-refractivity contribution is 5.85. The number of aromatic nitrogens is 1. The molecule has 1 aliphatic rings. The Bertz CT molecular complexity index is 728. The molecule has 1 N–H and O–H groups in total. The first kappa shape index (κ1) is 19.6. The quantitative estimate of drug-likeness (QED) is 0.640. The maximum Gasteiger partial charge on any atom is 0.132 e. The van der Waals surface area contributed by atoms with Crippen LogP contribution in [0.15, 0.2) is 30.6 Å². The van der Waals surface area contributed by atoms with E-state index in [9.17, 15) is 5.11 Å². The van der Waals surface area contributed by atoms with Crippen molar-refractivity contribution in [3.05, 3.63) is 41.7 Å². The molecule has 0 aliphatic carbocycles. The van der Waals surface area contributed by atoms with Gasteiger partial charge in [0.25, 0.3) is 0 Å². The zero-order valence-corrected chi connectivity index (χ0v) is 16.2. The lowest BCUT2D eigenvalue weighted by atomic mass is 9.86. The summed E-state index contributed by atoms with van der Waals surface area (Å²) in [5.41, 5.74) is 3.53. The molecule has 1 aromatic heterocycles. The van der Waals surface area contributed by atoms with Crippen LogP contribution in [-0.2, 0) is 12.0 Å². The number of pyridine rings is 1. The minimum Gasteiger partial charge on any atom is -0.507 e. The largest absolute Gasteiger partial charge is 0.507 e. The first-order valence-electron chi connectivity index (χ1n) is 9.02. The number of nitrogens with zero attached hydrogens (tertiary/aromatic N) is 1. The number of halogens is 1. The molecule has 0 saturated heterocycles. The lowest BCUT2D eigenvalue weighted by molar-refractivity contribution is 0.105. The van der Waals surface area contributed by atoms with E-state index in [4.69, 9.17) is 4.74 Å². The third kappa shape index (κ3) is 4.09. The highest BCUT2D eigenvalue weighted by Crippen LogP contribution is 2.49. The summed E-state index contributed by atoms with van der Waals surface area (Å²) in [5, 5.41) is 10.6. The summed E-state index contributed by atoms with van der Waals surface area (Å²) in [4.78, 5) is 4.24. The van der Waals surface area contributed by atoms with Crippen LogP contribution in [0.25, 0.3) is 11.1 Å². The number of hydrogen-bond acceptors (Lipinski definition) is 3. The number of rotatable bonds is 6. The molecule has 0 amide bonds. The average Bonchev–Trinajstić information content (AvgIpc) is 2.54. The van der Waals surface area contributed by atoms with Gasteiger partial charge in [0.15, 0.2) is 0 Å². The number of fused-ring (bicyclic) bond motifs is 3. The Hall–Kier alpha value is -1.74. The van der Waals surface area contributed by atoms with Crippen molar-refractivity contribution in [2.45, 2.75) is 64.9 Å². The predicted molar refractivity (Wildman–Crippen MR) is 105 cm³/mol. The van der Waals surface area contributed by atoms with Gasteiger partial charge in [-0.3, -0.25) is 4.98 Å². The summed E-state index contributed by atoms with van der Waals surface area (Å²) in [5.74, 6) is 1.06. The molecular weight excluding hydrogens is 334 g/mol. The molecule has 4 heteroatoms. The molecule has 3 nitrogen and oxygen atoms in total. The Balaban J connectivity index is 0.00000225. The highest BCUT2D eigenvalue weighted by Gasteiger charge is 2.34.